The second-order valence-corrected chi connectivity index (χ2v) is 4.38. The molecule has 0 saturated heterocycles. The zero-order valence-corrected chi connectivity index (χ0v) is 10.0. The number of nitrogens with zero attached hydrogens (tertiary/aromatic N) is 2. The van der Waals surface area contributed by atoms with Crippen LogP contribution in [0.5, 0.6) is 0 Å². The smallest absolute Gasteiger partial charge is 0.269 e. The minimum atomic E-state index is -0.484. The summed E-state index contributed by atoms with van der Waals surface area (Å²) in [6, 6.07) is 6.02. The van der Waals surface area contributed by atoms with Gasteiger partial charge in [-0.15, -0.1) is 11.3 Å². The first-order chi connectivity index (χ1) is 8.65. The summed E-state index contributed by atoms with van der Waals surface area (Å²) in [6.45, 7) is 0. The number of benzene rings is 1. The number of thiazole rings is 1. The van der Waals surface area contributed by atoms with Crippen molar-refractivity contribution >= 4 is 28.1 Å². The third kappa shape index (κ3) is 3.11. The summed E-state index contributed by atoms with van der Waals surface area (Å²) in [6.07, 6.45) is 1.68. The number of carbonyl (C=O) groups is 1. The molecular weight excluding hydrogens is 254 g/mol. The predicted octanol–water partition coefficient (Wildman–Crippen LogP) is 2.23. The van der Waals surface area contributed by atoms with Gasteiger partial charge in [0.1, 0.15) is 0 Å². The van der Waals surface area contributed by atoms with Crippen molar-refractivity contribution in [2.24, 2.45) is 0 Å². The van der Waals surface area contributed by atoms with Crippen LogP contribution in [-0.4, -0.2) is 15.8 Å². The summed E-state index contributed by atoms with van der Waals surface area (Å²) in [4.78, 5) is 25.7. The lowest BCUT2D eigenvalue weighted by atomic mass is 10.1. The Bertz CT molecular complexity index is 569. The first-order valence-corrected chi connectivity index (χ1v) is 5.96. The molecule has 1 aromatic carbocycles. The number of nitrogens with one attached hydrogen (secondary N) is 1. The molecule has 0 unspecified atom stereocenters. The number of amides is 1. The lowest BCUT2D eigenvalue weighted by Gasteiger charge is -2.01. The zero-order valence-electron chi connectivity index (χ0n) is 9.20. The molecule has 92 valence electrons. The van der Waals surface area contributed by atoms with Gasteiger partial charge in [-0.2, -0.15) is 0 Å². The van der Waals surface area contributed by atoms with Gasteiger partial charge in [0.05, 0.1) is 11.3 Å². The summed E-state index contributed by atoms with van der Waals surface area (Å²) >= 11 is 1.32. The van der Waals surface area contributed by atoms with Gasteiger partial charge in [-0.25, -0.2) is 4.98 Å². The quantitative estimate of drug-likeness (QED) is 0.677. The maximum atomic E-state index is 11.6. The molecule has 0 spiro atoms. The van der Waals surface area contributed by atoms with Crippen LogP contribution in [-0.2, 0) is 11.2 Å². The van der Waals surface area contributed by atoms with E-state index in [9.17, 15) is 14.9 Å². The minimum Gasteiger partial charge on any atom is -0.302 e. The van der Waals surface area contributed by atoms with Gasteiger partial charge in [-0.1, -0.05) is 12.1 Å². The number of anilines is 1. The number of aromatic nitrogens is 1. The maximum absolute atomic E-state index is 11.6. The van der Waals surface area contributed by atoms with Crippen molar-refractivity contribution in [1.29, 1.82) is 0 Å². The Morgan fingerprint density at radius 1 is 1.50 bits per heavy atom. The Morgan fingerprint density at radius 2 is 2.33 bits per heavy atom. The highest BCUT2D eigenvalue weighted by molar-refractivity contribution is 7.13. The average molecular weight is 263 g/mol. The molecule has 0 fully saturated rings. The molecule has 0 aliphatic rings. The van der Waals surface area contributed by atoms with Crippen molar-refractivity contribution in [3.05, 3.63) is 51.5 Å². The van der Waals surface area contributed by atoms with Gasteiger partial charge in [0.2, 0.25) is 5.91 Å². The van der Waals surface area contributed by atoms with Crippen LogP contribution in [0.1, 0.15) is 5.56 Å². The molecule has 2 rings (SSSR count). The van der Waals surface area contributed by atoms with E-state index in [1.54, 1.807) is 23.7 Å². The summed E-state index contributed by atoms with van der Waals surface area (Å²) in [5, 5.41) is 15.5. The normalized spacial score (nSPS) is 10.0. The van der Waals surface area contributed by atoms with Crippen LogP contribution in [0.15, 0.2) is 35.8 Å². The summed E-state index contributed by atoms with van der Waals surface area (Å²) in [7, 11) is 0. The number of hydrogen-bond donors (Lipinski definition) is 1. The highest BCUT2D eigenvalue weighted by atomic mass is 32.1. The van der Waals surface area contributed by atoms with E-state index in [0.717, 1.165) is 0 Å². The van der Waals surface area contributed by atoms with Crippen LogP contribution in [0.25, 0.3) is 0 Å². The maximum Gasteiger partial charge on any atom is 0.269 e. The third-order valence-electron chi connectivity index (χ3n) is 2.16. The predicted molar refractivity (Wildman–Crippen MR) is 67.5 cm³/mol. The van der Waals surface area contributed by atoms with E-state index in [0.29, 0.717) is 10.7 Å². The molecule has 1 amide bonds. The van der Waals surface area contributed by atoms with E-state index in [1.165, 1.54) is 23.5 Å². The molecule has 18 heavy (non-hydrogen) atoms. The Balaban J connectivity index is 2.03. The van der Waals surface area contributed by atoms with Crippen LogP contribution >= 0.6 is 11.3 Å². The lowest BCUT2D eigenvalue weighted by Crippen LogP contribution is -2.14. The molecule has 1 N–H and O–H groups in total. The fourth-order valence-electron chi connectivity index (χ4n) is 1.41. The van der Waals surface area contributed by atoms with E-state index in [4.69, 9.17) is 0 Å². The molecule has 1 aromatic heterocycles. The number of non-ortho nitro benzene ring substituents is 1. The zero-order chi connectivity index (χ0) is 13.0. The first-order valence-electron chi connectivity index (χ1n) is 5.08. The van der Waals surface area contributed by atoms with Gasteiger partial charge in [-0.05, 0) is 5.56 Å². The number of rotatable bonds is 4. The van der Waals surface area contributed by atoms with Gasteiger partial charge < -0.3 is 5.32 Å². The molecule has 6 nitrogen and oxygen atoms in total. The summed E-state index contributed by atoms with van der Waals surface area (Å²) in [5.74, 6) is -0.245. The first kappa shape index (κ1) is 12.2. The van der Waals surface area contributed by atoms with E-state index in [1.807, 2.05) is 0 Å². The molecule has 0 aliphatic carbocycles. The highest BCUT2D eigenvalue weighted by Crippen LogP contribution is 2.15. The van der Waals surface area contributed by atoms with Crippen molar-refractivity contribution in [2.45, 2.75) is 6.42 Å². The Labute approximate surface area is 106 Å². The second kappa shape index (κ2) is 5.37. The van der Waals surface area contributed by atoms with Crippen LogP contribution in [0.4, 0.5) is 10.8 Å². The standard InChI is InChI=1S/C11H9N3O3S/c15-10(13-11-12-4-5-18-11)7-8-2-1-3-9(6-8)14(16)17/h1-6H,7H2,(H,12,13,15). The SMILES string of the molecule is O=C(Cc1cccc([N+](=O)[O-])c1)Nc1nccs1. The van der Waals surface area contributed by atoms with Gasteiger partial charge in [-0.3, -0.25) is 14.9 Å². The second-order valence-electron chi connectivity index (χ2n) is 3.49. The largest absolute Gasteiger partial charge is 0.302 e. The van der Waals surface area contributed by atoms with Gasteiger partial charge in [0.25, 0.3) is 5.69 Å². The minimum absolute atomic E-state index is 0.0189. The average Bonchev–Trinajstić information content (AvgIpc) is 2.82. The van der Waals surface area contributed by atoms with Crippen molar-refractivity contribution in [3.8, 4) is 0 Å². The number of nitro benzene ring substituents is 1. The molecule has 1 heterocycles. The molecule has 0 atom stereocenters. The monoisotopic (exact) mass is 263 g/mol. The molecule has 7 heteroatoms. The van der Waals surface area contributed by atoms with Crippen LogP contribution in [0, 0.1) is 10.1 Å². The molecule has 0 bridgehead atoms. The molecule has 2 aromatic rings. The molecule has 0 aliphatic heterocycles. The van der Waals surface area contributed by atoms with Crippen molar-refractivity contribution in [1.82, 2.24) is 4.98 Å². The number of nitro groups is 1. The fraction of sp³-hybridized carbons (Fsp3) is 0.0909. The topological polar surface area (TPSA) is 85.1 Å². The van der Waals surface area contributed by atoms with E-state index in [2.05, 4.69) is 10.3 Å². The molecular formula is C11H9N3O3S. The Hall–Kier alpha value is -2.28. The van der Waals surface area contributed by atoms with E-state index in [-0.39, 0.29) is 18.0 Å². The van der Waals surface area contributed by atoms with E-state index >= 15 is 0 Å². The van der Waals surface area contributed by atoms with Crippen LogP contribution in [0.3, 0.4) is 0 Å². The van der Waals surface area contributed by atoms with Gasteiger partial charge in [0, 0.05) is 23.7 Å². The van der Waals surface area contributed by atoms with Gasteiger partial charge in [0.15, 0.2) is 5.13 Å². The Kier molecular flexibility index (Phi) is 3.63. The third-order valence-corrected chi connectivity index (χ3v) is 2.85. The molecule has 0 radical (unpaired) electrons. The lowest BCUT2D eigenvalue weighted by molar-refractivity contribution is -0.384. The van der Waals surface area contributed by atoms with Crippen LogP contribution in [0.2, 0.25) is 0 Å². The van der Waals surface area contributed by atoms with E-state index < -0.39 is 4.92 Å². The highest BCUT2D eigenvalue weighted by Gasteiger charge is 2.09. The van der Waals surface area contributed by atoms with Gasteiger partial charge >= 0.3 is 0 Å². The number of hydrogen-bond acceptors (Lipinski definition) is 5. The summed E-state index contributed by atoms with van der Waals surface area (Å²) in [5.41, 5.74) is 0.577. The van der Waals surface area contributed by atoms with Crippen LogP contribution < -0.4 is 5.32 Å². The number of carbonyl (C=O) groups excluding carboxylic acids is 1. The van der Waals surface area contributed by atoms with Crippen molar-refractivity contribution < 1.29 is 9.72 Å². The summed E-state index contributed by atoms with van der Waals surface area (Å²) < 4.78 is 0. The van der Waals surface area contributed by atoms with Crippen molar-refractivity contribution in [2.75, 3.05) is 5.32 Å². The van der Waals surface area contributed by atoms with Crippen molar-refractivity contribution in [3.63, 3.8) is 0 Å². The fourth-order valence-corrected chi connectivity index (χ4v) is 1.96. The molecule has 0 saturated carbocycles. The Morgan fingerprint density at radius 3 is 3.00 bits per heavy atom.